The van der Waals surface area contributed by atoms with Gasteiger partial charge < -0.3 is 5.32 Å². The number of nitrogens with one attached hydrogen (secondary N) is 1. The smallest absolute Gasteiger partial charge is 0.145 e. The Morgan fingerprint density at radius 1 is 1.64 bits per heavy atom. The van der Waals surface area contributed by atoms with Crippen LogP contribution in [0.25, 0.3) is 0 Å². The normalized spacial score (nSPS) is 12.6. The van der Waals surface area contributed by atoms with Gasteiger partial charge >= 0.3 is 0 Å². The number of rotatable bonds is 4. The monoisotopic (exact) mass is 296 g/mol. The van der Waals surface area contributed by atoms with Crippen LogP contribution in [0, 0.1) is 0 Å². The van der Waals surface area contributed by atoms with Gasteiger partial charge in [0.05, 0.1) is 5.02 Å². The molecule has 1 unspecified atom stereocenters. The van der Waals surface area contributed by atoms with Gasteiger partial charge in [-0.15, -0.1) is 11.6 Å². The molecule has 1 heterocycles. The molecule has 1 N–H and O–H groups in total. The highest BCUT2D eigenvalue weighted by Gasteiger charge is 2.08. The molecule has 0 aliphatic rings. The van der Waals surface area contributed by atoms with Crippen LogP contribution in [0.1, 0.15) is 13.3 Å². The van der Waals surface area contributed by atoms with Crippen LogP contribution in [-0.4, -0.2) is 16.9 Å². The Balaban J connectivity index is 2.76. The molecule has 0 aromatic carbocycles. The van der Waals surface area contributed by atoms with E-state index in [4.69, 9.17) is 23.2 Å². The van der Waals surface area contributed by atoms with E-state index in [0.29, 0.717) is 16.7 Å². The first-order valence-electron chi connectivity index (χ1n) is 4.31. The topological polar surface area (TPSA) is 24.9 Å². The first kappa shape index (κ1) is 12.1. The summed E-state index contributed by atoms with van der Waals surface area (Å²) >= 11 is 15.0. The van der Waals surface area contributed by atoms with Crippen LogP contribution in [0.2, 0.25) is 5.02 Å². The zero-order valence-electron chi connectivity index (χ0n) is 7.73. The van der Waals surface area contributed by atoms with Crippen molar-refractivity contribution < 1.29 is 0 Å². The third kappa shape index (κ3) is 3.30. The van der Waals surface area contributed by atoms with E-state index in [-0.39, 0.29) is 6.04 Å². The van der Waals surface area contributed by atoms with Crippen LogP contribution >= 0.6 is 39.1 Å². The second-order valence-corrected chi connectivity index (χ2v) is 4.52. The van der Waals surface area contributed by atoms with Gasteiger partial charge in [-0.05, 0) is 28.4 Å². The summed E-state index contributed by atoms with van der Waals surface area (Å²) in [5, 5.41) is 3.78. The lowest BCUT2D eigenvalue weighted by atomic mass is 10.2. The number of hydrogen-bond donors (Lipinski definition) is 1. The van der Waals surface area contributed by atoms with Gasteiger partial charge in [0.1, 0.15) is 5.82 Å². The molecular formula is C9H11BrCl2N2. The molecule has 0 aliphatic heterocycles. The Kier molecular flexibility index (Phi) is 4.99. The van der Waals surface area contributed by atoms with Crippen molar-refractivity contribution in [1.82, 2.24) is 4.98 Å². The number of hydrogen-bond acceptors (Lipinski definition) is 2. The number of anilines is 1. The van der Waals surface area contributed by atoms with Crippen LogP contribution in [0.3, 0.4) is 0 Å². The van der Waals surface area contributed by atoms with E-state index in [1.807, 2.05) is 0 Å². The first-order chi connectivity index (χ1) is 6.67. The molecule has 1 atom stereocenters. The maximum absolute atomic E-state index is 5.99. The number of alkyl halides is 1. The molecule has 1 rings (SSSR count). The molecule has 0 spiro atoms. The largest absolute Gasteiger partial charge is 0.365 e. The fourth-order valence-corrected chi connectivity index (χ4v) is 1.94. The Labute approximate surface area is 102 Å². The standard InChI is InChI=1S/C9H11BrCl2N2/c1-2-7(4-11)14-9-8(12)3-6(10)5-13-9/h3,5,7H,2,4H2,1H3,(H,13,14). The number of pyridine rings is 1. The molecule has 0 radical (unpaired) electrons. The van der Waals surface area contributed by atoms with Crippen molar-refractivity contribution in [2.24, 2.45) is 0 Å². The summed E-state index contributed by atoms with van der Waals surface area (Å²) in [5.74, 6) is 1.23. The number of halogens is 3. The Bertz CT molecular complexity index is 303. The highest BCUT2D eigenvalue weighted by Crippen LogP contribution is 2.23. The van der Waals surface area contributed by atoms with Crippen molar-refractivity contribution in [3.05, 3.63) is 21.8 Å². The molecule has 0 amide bonds. The second-order valence-electron chi connectivity index (χ2n) is 2.89. The van der Waals surface area contributed by atoms with Crippen molar-refractivity contribution in [3.8, 4) is 0 Å². The molecule has 14 heavy (non-hydrogen) atoms. The van der Waals surface area contributed by atoms with Crippen molar-refractivity contribution in [2.75, 3.05) is 11.2 Å². The van der Waals surface area contributed by atoms with E-state index in [9.17, 15) is 0 Å². The summed E-state index contributed by atoms with van der Waals surface area (Å²) in [4.78, 5) is 4.16. The van der Waals surface area contributed by atoms with E-state index in [0.717, 1.165) is 10.9 Å². The van der Waals surface area contributed by atoms with E-state index >= 15 is 0 Å². The van der Waals surface area contributed by atoms with Gasteiger partial charge in [0.2, 0.25) is 0 Å². The third-order valence-corrected chi connectivity index (χ3v) is 2.92. The molecule has 0 saturated heterocycles. The summed E-state index contributed by atoms with van der Waals surface area (Å²) in [6, 6.07) is 2.01. The first-order valence-corrected chi connectivity index (χ1v) is 6.01. The fourth-order valence-electron chi connectivity index (χ4n) is 0.964. The van der Waals surface area contributed by atoms with Crippen LogP contribution < -0.4 is 5.32 Å². The lowest BCUT2D eigenvalue weighted by Crippen LogP contribution is -2.20. The van der Waals surface area contributed by atoms with Crippen molar-refractivity contribution in [2.45, 2.75) is 19.4 Å². The minimum absolute atomic E-state index is 0.211. The Morgan fingerprint density at radius 2 is 2.36 bits per heavy atom. The lowest BCUT2D eigenvalue weighted by Gasteiger charge is -2.15. The Morgan fingerprint density at radius 3 is 2.86 bits per heavy atom. The van der Waals surface area contributed by atoms with Gasteiger partial charge in [-0.1, -0.05) is 18.5 Å². The van der Waals surface area contributed by atoms with E-state index in [2.05, 4.69) is 33.2 Å². The van der Waals surface area contributed by atoms with E-state index < -0.39 is 0 Å². The van der Waals surface area contributed by atoms with Gasteiger partial charge in [0.15, 0.2) is 0 Å². The number of nitrogens with zero attached hydrogens (tertiary/aromatic N) is 1. The SMILES string of the molecule is CCC(CCl)Nc1ncc(Br)cc1Cl. The average molecular weight is 298 g/mol. The average Bonchev–Trinajstić information content (AvgIpc) is 2.17. The second kappa shape index (κ2) is 5.79. The van der Waals surface area contributed by atoms with Gasteiger partial charge in [-0.3, -0.25) is 0 Å². The molecule has 0 saturated carbocycles. The van der Waals surface area contributed by atoms with Gasteiger partial charge in [-0.25, -0.2) is 4.98 Å². The minimum Gasteiger partial charge on any atom is -0.365 e. The fraction of sp³-hybridized carbons (Fsp3) is 0.444. The summed E-state index contributed by atoms with van der Waals surface area (Å²) in [5.41, 5.74) is 0. The zero-order chi connectivity index (χ0) is 10.6. The highest BCUT2D eigenvalue weighted by atomic mass is 79.9. The predicted octanol–water partition coefficient (Wildman–Crippen LogP) is 3.93. The molecule has 1 aromatic rings. The summed E-state index contributed by atoms with van der Waals surface area (Å²) in [6.07, 6.45) is 2.65. The van der Waals surface area contributed by atoms with Crippen molar-refractivity contribution in [1.29, 1.82) is 0 Å². The molecule has 5 heteroatoms. The maximum atomic E-state index is 5.99. The van der Waals surface area contributed by atoms with Gasteiger partial charge in [-0.2, -0.15) is 0 Å². The van der Waals surface area contributed by atoms with Crippen LogP contribution in [0.4, 0.5) is 5.82 Å². The highest BCUT2D eigenvalue weighted by molar-refractivity contribution is 9.10. The van der Waals surface area contributed by atoms with Crippen LogP contribution in [0.5, 0.6) is 0 Å². The van der Waals surface area contributed by atoms with E-state index in [1.165, 1.54) is 0 Å². The van der Waals surface area contributed by atoms with Crippen molar-refractivity contribution in [3.63, 3.8) is 0 Å². The third-order valence-electron chi connectivity index (χ3n) is 1.83. The van der Waals surface area contributed by atoms with Gasteiger partial charge in [0, 0.05) is 22.6 Å². The molecule has 2 nitrogen and oxygen atoms in total. The summed E-state index contributed by atoms with van der Waals surface area (Å²) in [7, 11) is 0. The molecule has 78 valence electrons. The quantitative estimate of drug-likeness (QED) is 0.852. The maximum Gasteiger partial charge on any atom is 0.145 e. The van der Waals surface area contributed by atoms with E-state index in [1.54, 1.807) is 12.3 Å². The minimum atomic E-state index is 0.211. The molecule has 0 aliphatic carbocycles. The predicted molar refractivity (Wildman–Crippen MR) is 65.4 cm³/mol. The van der Waals surface area contributed by atoms with Gasteiger partial charge in [0.25, 0.3) is 0 Å². The molecule has 0 fully saturated rings. The summed E-state index contributed by atoms with van der Waals surface area (Å²) < 4.78 is 0.868. The molecule has 1 aromatic heterocycles. The van der Waals surface area contributed by atoms with Crippen molar-refractivity contribution >= 4 is 44.9 Å². The molecule has 0 bridgehead atoms. The van der Waals surface area contributed by atoms with Crippen LogP contribution in [-0.2, 0) is 0 Å². The molecular weight excluding hydrogens is 287 g/mol. The Hall–Kier alpha value is 0.01000. The zero-order valence-corrected chi connectivity index (χ0v) is 10.8. The summed E-state index contributed by atoms with van der Waals surface area (Å²) in [6.45, 7) is 2.06. The van der Waals surface area contributed by atoms with Crippen LogP contribution in [0.15, 0.2) is 16.7 Å². The lowest BCUT2D eigenvalue weighted by molar-refractivity contribution is 0.765. The number of aromatic nitrogens is 1.